The van der Waals surface area contributed by atoms with Crippen LogP contribution in [0.1, 0.15) is 0 Å². The largest absolute Gasteiger partial charge is 0.528 e. The smallest absolute Gasteiger partial charge is 0.449 e. The van der Waals surface area contributed by atoms with E-state index in [1.165, 1.54) is 0 Å². The minimum Gasteiger partial charge on any atom is -0.449 e. The van der Waals surface area contributed by atoms with Crippen LogP contribution in [0.3, 0.4) is 0 Å². The summed E-state index contributed by atoms with van der Waals surface area (Å²) >= 11 is 0. The van der Waals surface area contributed by atoms with Crippen molar-refractivity contribution in [1.82, 2.24) is 0 Å². The second-order valence-corrected chi connectivity index (χ2v) is 0.986. The fraction of sp³-hybridized carbons (Fsp3) is 0. The summed E-state index contributed by atoms with van der Waals surface area (Å²) in [6.07, 6.45) is -5.64. The summed E-state index contributed by atoms with van der Waals surface area (Å²) in [6.45, 7) is 0. The Morgan fingerprint density at radius 2 is 1.08 bits per heavy atom. The standard InChI is InChI=1S/C3H2O7.2Mn/c4-1(5)9-3(8)10-2(6)7;;/h(H,4,5)(H,6,7);;. The van der Waals surface area contributed by atoms with Crippen LogP contribution in [0.25, 0.3) is 0 Å². The molecule has 0 aromatic carbocycles. The van der Waals surface area contributed by atoms with Crippen LogP contribution in [0.15, 0.2) is 0 Å². The molecule has 0 aliphatic rings. The quantitative estimate of drug-likeness (QED) is 0.370. The van der Waals surface area contributed by atoms with Gasteiger partial charge in [0, 0.05) is 34.1 Å². The maximum atomic E-state index is 9.86. The zero-order valence-electron chi connectivity index (χ0n) is 5.19. The van der Waals surface area contributed by atoms with E-state index in [4.69, 9.17) is 10.2 Å². The second kappa shape index (κ2) is 8.35. The van der Waals surface area contributed by atoms with Gasteiger partial charge in [0.05, 0.1) is 0 Å². The van der Waals surface area contributed by atoms with Crippen molar-refractivity contribution in [3.63, 3.8) is 0 Å². The van der Waals surface area contributed by atoms with Crippen molar-refractivity contribution >= 4 is 18.5 Å². The van der Waals surface area contributed by atoms with E-state index >= 15 is 0 Å². The number of carboxylic acid groups (broad SMARTS) is 2. The average Bonchev–Trinajstić information content (AvgIpc) is 1.58. The van der Waals surface area contributed by atoms with Gasteiger partial charge in [-0.1, -0.05) is 0 Å². The Morgan fingerprint density at radius 1 is 0.833 bits per heavy atom. The molecule has 0 saturated carbocycles. The topological polar surface area (TPSA) is 110 Å². The molecule has 0 fully saturated rings. The summed E-state index contributed by atoms with van der Waals surface area (Å²) in [6, 6.07) is 0. The number of hydrogen-bond acceptors (Lipinski definition) is 5. The Hall–Kier alpha value is -0.751. The van der Waals surface area contributed by atoms with Crippen LogP contribution in [0.4, 0.5) is 14.4 Å². The molecule has 0 spiro atoms. The molecule has 0 aromatic rings. The summed E-state index contributed by atoms with van der Waals surface area (Å²) < 4.78 is 6.47. The first-order chi connectivity index (χ1) is 4.52. The Balaban J connectivity index is -0.000000405. The van der Waals surface area contributed by atoms with Crippen LogP contribution >= 0.6 is 0 Å². The summed E-state index contributed by atoms with van der Waals surface area (Å²) in [4.78, 5) is 28.8. The Kier molecular flexibility index (Phi) is 12.1. The van der Waals surface area contributed by atoms with E-state index in [1.807, 2.05) is 0 Å². The fourth-order valence-corrected chi connectivity index (χ4v) is 0.163. The molecular formula is C3H2Mn2O7. The molecule has 0 unspecified atom stereocenters. The molecular weight excluding hydrogens is 258 g/mol. The van der Waals surface area contributed by atoms with E-state index in [1.54, 1.807) is 0 Å². The Labute approximate surface area is 87.0 Å². The third-order valence-corrected chi connectivity index (χ3v) is 0.341. The first kappa shape index (κ1) is 17.4. The molecule has 0 heterocycles. The predicted molar refractivity (Wildman–Crippen MR) is 23.6 cm³/mol. The van der Waals surface area contributed by atoms with Gasteiger partial charge in [0.2, 0.25) is 0 Å². The van der Waals surface area contributed by atoms with Crippen LogP contribution in [0, 0.1) is 0 Å². The van der Waals surface area contributed by atoms with Gasteiger partial charge in [-0.15, -0.1) is 0 Å². The maximum Gasteiger partial charge on any atom is 0.528 e. The van der Waals surface area contributed by atoms with Crippen LogP contribution in [-0.2, 0) is 43.6 Å². The van der Waals surface area contributed by atoms with Crippen molar-refractivity contribution < 1.29 is 68.2 Å². The van der Waals surface area contributed by atoms with Crippen LogP contribution in [0.5, 0.6) is 0 Å². The Bertz CT molecular complexity index is 159. The number of hydrogen-bond donors (Lipinski definition) is 2. The molecule has 0 rings (SSSR count). The summed E-state index contributed by atoms with van der Waals surface area (Å²) in [5.41, 5.74) is 0. The SMILES string of the molecule is O=C(O)OC(=O)OC(=O)O.[Mn].[Mn]. The number of ether oxygens (including phenoxy) is 2. The zero-order chi connectivity index (χ0) is 8.15. The van der Waals surface area contributed by atoms with E-state index < -0.39 is 18.5 Å². The van der Waals surface area contributed by atoms with Crippen molar-refractivity contribution in [3.8, 4) is 0 Å². The monoisotopic (exact) mass is 260 g/mol. The van der Waals surface area contributed by atoms with Crippen LogP contribution in [0.2, 0.25) is 0 Å². The first-order valence-corrected chi connectivity index (χ1v) is 1.88. The van der Waals surface area contributed by atoms with E-state index in [0.29, 0.717) is 0 Å². The molecule has 0 amide bonds. The van der Waals surface area contributed by atoms with Gasteiger partial charge in [-0.3, -0.25) is 0 Å². The van der Waals surface area contributed by atoms with Gasteiger partial charge >= 0.3 is 18.5 Å². The molecule has 2 N–H and O–H groups in total. The third kappa shape index (κ3) is 12.0. The molecule has 0 aliphatic heterocycles. The number of carbonyl (C=O) groups is 3. The van der Waals surface area contributed by atoms with E-state index in [9.17, 15) is 14.4 Å². The molecule has 0 saturated heterocycles. The van der Waals surface area contributed by atoms with E-state index in [-0.39, 0.29) is 34.1 Å². The van der Waals surface area contributed by atoms with Gasteiger partial charge < -0.3 is 19.7 Å². The van der Waals surface area contributed by atoms with Gasteiger partial charge in [-0.2, -0.15) is 0 Å². The molecule has 9 heteroatoms. The Morgan fingerprint density at radius 3 is 1.25 bits per heavy atom. The van der Waals surface area contributed by atoms with Crippen molar-refractivity contribution in [3.05, 3.63) is 0 Å². The van der Waals surface area contributed by atoms with Crippen molar-refractivity contribution in [2.45, 2.75) is 0 Å². The van der Waals surface area contributed by atoms with Gasteiger partial charge in [0.25, 0.3) is 0 Å². The van der Waals surface area contributed by atoms with Gasteiger partial charge in [0.1, 0.15) is 0 Å². The zero-order valence-corrected chi connectivity index (χ0v) is 7.55. The van der Waals surface area contributed by atoms with Crippen molar-refractivity contribution in [1.29, 1.82) is 0 Å². The minimum atomic E-state index is -1.92. The molecule has 7 nitrogen and oxygen atoms in total. The molecule has 70 valence electrons. The van der Waals surface area contributed by atoms with Gasteiger partial charge in [-0.05, 0) is 0 Å². The summed E-state index contributed by atoms with van der Waals surface area (Å²) in [5, 5.41) is 15.4. The van der Waals surface area contributed by atoms with Gasteiger partial charge in [-0.25, -0.2) is 14.4 Å². The second-order valence-electron chi connectivity index (χ2n) is 0.986. The fourth-order valence-electron chi connectivity index (χ4n) is 0.163. The average molecular weight is 260 g/mol. The normalized spacial score (nSPS) is 6.67. The predicted octanol–water partition coefficient (Wildman–Crippen LogP) is 0.491. The summed E-state index contributed by atoms with van der Waals surface area (Å²) in [5.74, 6) is 0. The molecule has 0 aliphatic carbocycles. The maximum absolute atomic E-state index is 9.86. The van der Waals surface area contributed by atoms with Crippen molar-refractivity contribution in [2.75, 3.05) is 0 Å². The molecule has 2 radical (unpaired) electrons. The van der Waals surface area contributed by atoms with Gasteiger partial charge in [0.15, 0.2) is 0 Å². The minimum absolute atomic E-state index is 0. The molecule has 0 bridgehead atoms. The van der Waals surface area contributed by atoms with E-state index in [0.717, 1.165) is 0 Å². The van der Waals surface area contributed by atoms with Crippen molar-refractivity contribution in [2.24, 2.45) is 0 Å². The summed E-state index contributed by atoms with van der Waals surface area (Å²) in [7, 11) is 0. The molecule has 12 heavy (non-hydrogen) atoms. The van der Waals surface area contributed by atoms with E-state index in [2.05, 4.69) is 9.47 Å². The number of rotatable bonds is 0. The van der Waals surface area contributed by atoms with Crippen LogP contribution < -0.4 is 0 Å². The number of carbonyl (C=O) groups excluding carboxylic acids is 1. The third-order valence-electron chi connectivity index (χ3n) is 0.341. The van der Waals surface area contributed by atoms with Crippen LogP contribution in [-0.4, -0.2) is 28.7 Å². The first-order valence-electron chi connectivity index (χ1n) is 1.88. The molecule has 0 atom stereocenters. The molecule has 0 aromatic heterocycles.